The van der Waals surface area contributed by atoms with Gasteiger partial charge in [-0.05, 0) is 51.2 Å². The van der Waals surface area contributed by atoms with Gasteiger partial charge < -0.3 is 19.7 Å². The molecule has 2 aromatic carbocycles. The topological polar surface area (TPSA) is 84.0 Å². The number of alkyl halides is 3. The van der Waals surface area contributed by atoms with E-state index in [0.29, 0.717) is 29.9 Å². The van der Waals surface area contributed by atoms with E-state index in [9.17, 15) is 21.6 Å². The lowest BCUT2D eigenvalue weighted by atomic mass is 9.89. The molecule has 3 aromatic rings. The Kier molecular flexibility index (Phi) is 9.34. The molecule has 0 amide bonds. The number of nitrogens with zero attached hydrogens (tertiary/aromatic N) is 3. The number of hydrogen-bond acceptors (Lipinski definition) is 8. The Morgan fingerprint density at radius 1 is 1.10 bits per heavy atom. The molecule has 1 N–H and O–H groups in total. The van der Waals surface area contributed by atoms with E-state index >= 15 is 4.39 Å². The van der Waals surface area contributed by atoms with Crippen molar-refractivity contribution in [1.82, 2.24) is 9.88 Å². The van der Waals surface area contributed by atoms with Gasteiger partial charge in [-0.2, -0.15) is 13.2 Å². The number of hydrogen-bond donors (Lipinski definition) is 1. The molecule has 0 aliphatic heterocycles. The van der Waals surface area contributed by atoms with E-state index in [-0.39, 0.29) is 29.5 Å². The van der Waals surface area contributed by atoms with Crippen LogP contribution in [0.5, 0.6) is 11.5 Å². The van der Waals surface area contributed by atoms with Crippen LogP contribution in [0.25, 0.3) is 0 Å². The zero-order valence-electron chi connectivity index (χ0n) is 23.0. The number of aromatic nitrogens is 1. The quantitative estimate of drug-likeness (QED) is 0.280. The Labute approximate surface area is 240 Å². The second-order valence-corrected chi connectivity index (χ2v) is 12.6. The van der Waals surface area contributed by atoms with Crippen molar-refractivity contribution < 1.29 is 35.5 Å². The number of sulfonamides is 1. The van der Waals surface area contributed by atoms with Gasteiger partial charge in [-0.1, -0.05) is 12.8 Å². The van der Waals surface area contributed by atoms with Crippen molar-refractivity contribution >= 4 is 32.2 Å². The highest BCUT2D eigenvalue weighted by Crippen LogP contribution is 2.40. The molecule has 14 heteroatoms. The van der Waals surface area contributed by atoms with Gasteiger partial charge in [-0.15, -0.1) is 11.3 Å². The summed E-state index contributed by atoms with van der Waals surface area (Å²) in [6.45, 7) is -0.379. The van der Waals surface area contributed by atoms with Crippen molar-refractivity contribution in [3.05, 3.63) is 58.9 Å². The number of benzene rings is 2. The molecule has 1 aliphatic rings. The molecule has 1 aliphatic carbocycles. The number of rotatable bonds is 10. The molecule has 0 unspecified atom stereocenters. The summed E-state index contributed by atoms with van der Waals surface area (Å²) in [5.74, 6) is -0.575. The van der Waals surface area contributed by atoms with Crippen LogP contribution < -0.4 is 19.1 Å². The predicted octanol–water partition coefficient (Wildman–Crippen LogP) is 6.00. The predicted molar refractivity (Wildman–Crippen MR) is 150 cm³/mol. The maximum absolute atomic E-state index is 15.6. The zero-order chi connectivity index (χ0) is 29.9. The molecule has 0 bridgehead atoms. The van der Waals surface area contributed by atoms with Crippen LogP contribution in [0, 0.1) is 5.82 Å². The molecular weight excluding hydrogens is 584 g/mol. The lowest BCUT2D eigenvalue weighted by Gasteiger charge is -2.37. The Bertz CT molecular complexity index is 1450. The highest BCUT2D eigenvalue weighted by molar-refractivity contribution is 7.93. The second-order valence-electron chi connectivity index (χ2n) is 9.90. The summed E-state index contributed by atoms with van der Waals surface area (Å²) >= 11 is 0.946. The molecule has 2 atom stereocenters. The van der Waals surface area contributed by atoms with Gasteiger partial charge in [-0.3, -0.25) is 0 Å². The van der Waals surface area contributed by atoms with Crippen molar-refractivity contribution in [3.8, 4) is 11.5 Å². The van der Waals surface area contributed by atoms with Crippen LogP contribution >= 0.6 is 11.3 Å². The van der Waals surface area contributed by atoms with Crippen molar-refractivity contribution in [3.63, 3.8) is 0 Å². The highest BCUT2D eigenvalue weighted by atomic mass is 32.2. The Balaban J connectivity index is 1.79. The first-order valence-corrected chi connectivity index (χ1v) is 15.2. The summed E-state index contributed by atoms with van der Waals surface area (Å²) in [6, 6.07) is 5.25. The summed E-state index contributed by atoms with van der Waals surface area (Å²) in [4.78, 5) is 4.88. The average molecular weight is 617 g/mol. The van der Waals surface area contributed by atoms with Gasteiger partial charge in [0.05, 0.1) is 26.3 Å². The number of methoxy groups -OCH3 is 2. The fourth-order valence-corrected chi connectivity index (χ4v) is 7.40. The number of anilines is 2. The summed E-state index contributed by atoms with van der Waals surface area (Å²) in [5.41, 5.74) is -1.39. The van der Waals surface area contributed by atoms with E-state index in [2.05, 4.69) is 10.3 Å². The zero-order valence-corrected chi connectivity index (χ0v) is 24.7. The van der Waals surface area contributed by atoms with E-state index in [1.807, 2.05) is 19.0 Å². The smallest absolute Gasteiger partial charge is 0.418 e. The largest absolute Gasteiger partial charge is 0.497 e. The van der Waals surface area contributed by atoms with Gasteiger partial charge in [-0.25, -0.2) is 22.1 Å². The number of thiazole rings is 1. The minimum Gasteiger partial charge on any atom is -0.497 e. The van der Waals surface area contributed by atoms with E-state index in [4.69, 9.17) is 9.47 Å². The third-order valence-corrected chi connectivity index (χ3v) is 9.78. The highest BCUT2D eigenvalue weighted by Gasteiger charge is 2.40. The lowest BCUT2D eigenvalue weighted by Crippen LogP contribution is -2.45. The molecule has 0 radical (unpaired) electrons. The van der Waals surface area contributed by atoms with Gasteiger partial charge in [0.25, 0.3) is 10.0 Å². The molecule has 4 rings (SSSR count). The van der Waals surface area contributed by atoms with Crippen LogP contribution in [0.4, 0.5) is 28.4 Å². The monoisotopic (exact) mass is 616 g/mol. The molecule has 8 nitrogen and oxygen atoms in total. The van der Waals surface area contributed by atoms with Crippen LogP contribution in [-0.2, 0) is 22.7 Å². The third-order valence-electron chi connectivity index (χ3n) is 7.12. The van der Waals surface area contributed by atoms with Gasteiger partial charge in [0, 0.05) is 41.0 Å². The maximum Gasteiger partial charge on any atom is 0.418 e. The molecular formula is C27H32F4N4O4S2. The van der Waals surface area contributed by atoms with E-state index in [1.54, 1.807) is 12.1 Å². The van der Waals surface area contributed by atoms with Crippen LogP contribution in [0.3, 0.4) is 0 Å². The Hall–Kier alpha value is -3.10. The molecule has 1 saturated carbocycles. The van der Waals surface area contributed by atoms with Gasteiger partial charge in [0.15, 0.2) is 5.13 Å². The Morgan fingerprint density at radius 2 is 1.83 bits per heavy atom. The van der Waals surface area contributed by atoms with Crippen molar-refractivity contribution in [2.45, 2.75) is 55.4 Å². The maximum atomic E-state index is 15.6. The standard InChI is InChI=1S/C27H32F4N4O4S2/c1-34(2)23-8-6-5-7-21(23)33-22-15-20(28)25(14-19(22)27(29,30)31)41(36,37)35(26-32-11-12-40-26)16-17-9-10-18(38-3)13-24(17)39-4/h9-15,21,23,33H,5-8,16H2,1-4H3/t21-,23-/m0/s1. The van der Waals surface area contributed by atoms with E-state index in [1.165, 1.54) is 31.9 Å². The molecule has 0 saturated heterocycles. The van der Waals surface area contributed by atoms with Crippen LogP contribution in [0.15, 0.2) is 46.8 Å². The first-order chi connectivity index (χ1) is 19.4. The molecule has 1 fully saturated rings. The summed E-state index contributed by atoms with van der Waals surface area (Å²) in [5, 5.41) is 4.35. The minimum atomic E-state index is -4.95. The molecule has 1 aromatic heterocycles. The first kappa shape index (κ1) is 30.8. The average Bonchev–Trinajstić information content (AvgIpc) is 3.45. The molecule has 224 valence electrons. The first-order valence-electron chi connectivity index (χ1n) is 12.8. The summed E-state index contributed by atoms with van der Waals surface area (Å²) in [6.07, 6.45) is -0.473. The number of likely N-dealkylation sites (N-methyl/N-ethyl adjacent to an activating group) is 1. The number of nitrogens with one attached hydrogen (secondary N) is 1. The van der Waals surface area contributed by atoms with Crippen LogP contribution in [-0.4, -0.2) is 58.7 Å². The third kappa shape index (κ3) is 6.70. The van der Waals surface area contributed by atoms with Crippen molar-refractivity contribution in [1.29, 1.82) is 0 Å². The molecule has 1 heterocycles. The summed E-state index contributed by atoms with van der Waals surface area (Å²) < 4.78 is 97.7. The van der Waals surface area contributed by atoms with Crippen molar-refractivity contribution in [2.75, 3.05) is 37.9 Å². The van der Waals surface area contributed by atoms with Gasteiger partial charge in [0.1, 0.15) is 22.2 Å². The van der Waals surface area contributed by atoms with E-state index in [0.717, 1.165) is 34.9 Å². The fourth-order valence-electron chi connectivity index (χ4n) is 5.05. The van der Waals surface area contributed by atoms with E-state index < -0.39 is 38.2 Å². The molecule has 41 heavy (non-hydrogen) atoms. The SMILES string of the molecule is COc1ccc(CN(c2nccs2)S(=O)(=O)c2cc(C(F)(F)F)c(N[C@H]3CCCC[C@@H]3N(C)C)cc2F)c(OC)c1. The van der Waals surface area contributed by atoms with Gasteiger partial charge >= 0.3 is 6.18 Å². The van der Waals surface area contributed by atoms with Crippen LogP contribution in [0.2, 0.25) is 0 Å². The molecule has 0 spiro atoms. The normalized spacial score (nSPS) is 17.9. The van der Waals surface area contributed by atoms with Crippen LogP contribution in [0.1, 0.15) is 36.8 Å². The minimum absolute atomic E-state index is 0.0472. The van der Waals surface area contributed by atoms with Gasteiger partial charge in [0.2, 0.25) is 0 Å². The van der Waals surface area contributed by atoms with Crippen molar-refractivity contribution in [2.24, 2.45) is 0 Å². The fraction of sp³-hybridized carbons (Fsp3) is 0.444. The summed E-state index contributed by atoms with van der Waals surface area (Å²) in [7, 11) is 1.66. The number of halogens is 4. The Morgan fingerprint density at radius 3 is 2.44 bits per heavy atom. The number of ether oxygens (including phenoxy) is 2. The lowest BCUT2D eigenvalue weighted by molar-refractivity contribution is -0.137. The second kappa shape index (κ2) is 12.4.